The number of rotatable bonds is 7. The van der Waals surface area contributed by atoms with Crippen LogP contribution in [0.3, 0.4) is 0 Å². The molecule has 0 bridgehead atoms. The summed E-state index contributed by atoms with van der Waals surface area (Å²) >= 11 is 6.15. The van der Waals surface area contributed by atoms with Crippen LogP contribution in [0, 0.1) is 6.92 Å². The zero-order valence-corrected chi connectivity index (χ0v) is 15.6. The highest BCUT2D eigenvalue weighted by atomic mass is 35.5. The summed E-state index contributed by atoms with van der Waals surface area (Å²) in [5.41, 5.74) is 3.06. The lowest BCUT2D eigenvalue weighted by Gasteiger charge is -2.11. The number of hydrogen-bond donors (Lipinski definition) is 1. The highest BCUT2D eigenvalue weighted by Gasteiger charge is 2.07. The molecule has 1 aliphatic carbocycles. The van der Waals surface area contributed by atoms with Crippen molar-refractivity contribution in [1.82, 2.24) is 14.9 Å². The molecule has 3 rings (SSSR count). The van der Waals surface area contributed by atoms with E-state index in [4.69, 9.17) is 11.6 Å². The Morgan fingerprint density at radius 2 is 2.15 bits per heavy atom. The van der Waals surface area contributed by atoms with E-state index in [0.29, 0.717) is 25.9 Å². The lowest BCUT2D eigenvalue weighted by Crippen LogP contribution is -2.19. The Balaban J connectivity index is 1.54. The predicted octanol–water partition coefficient (Wildman–Crippen LogP) is 5.11. The molecule has 136 valence electrons. The normalized spacial score (nSPS) is 14.1. The number of benzene rings is 1. The molecule has 0 unspecified atom stereocenters. The maximum Gasteiger partial charge on any atom is 0.122 e. The fraction of sp³-hybridized carbons (Fsp3) is 0.286. The van der Waals surface area contributed by atoms with Gasteiger partial charge in [-0.3, -0.25) is 0 Å². The summed E-state index contributed by atoms with van der Waals surface area (Å²) in [7, 11) is 0. The van der Waals surface area contributed by atoms with Gasteiger partial charge in [-0.1, -0.05) is 42.0 Å². The summed E-state index contributed by atoms with van der Waals surface area (Å²) in [5.74, 6) is 0.907. The number of aromatic nitrogens is 2. The average molecular weight is 372 g/mol. The summed E-state index contributed by atoms with van der Waals surface area (Å²) in [5, 5.41) is 4.11. The molecule has 0 saturated carbocycles. The molecule has 2 aromatic rings. The van der Waals surface area contributed by atoms with E-state index < -0.39 is 0 Å². The fourth-order valence-corrected chi connectivity index (χ4v) is 3.35. The number of nitrogens with one attached hydrogen (secondary N) is 1. The van der Waals surface area contributed by atoms with Crippen molar-refractivity contribution in [2.45, 2.75) is 32.9 Å². The largest absolute Gasteiger partial charge is 0.329 e. The molecular formula is C21H23ClFN3. The molecule has 0 fully saturated rings. The molecular weight excluding hydrogens is 349 g/mol. The number of imidazole rings is 1. The molecule has 1 heterocycles. The first-order valence-corrected chi connectivity index (χ1v) is 9.17. The van der Waals surface area contributed by atoms with Crippen LogP contribution in [-0.2, 0) is 13.1 Å². The first kappa shape index (κ1) is 18.6. The zero-order chi connectivity index (χ0) is 18.4. The van der Waals surface area contributed by atoms with Gasteiger partial charge in [-0.2, -0.15) is 0 Å². The minimum atomic E-state index is -0.0466. The standard InChI is InChI=1S/C21H23ClFN3/c1-16-11-17(13-19(22)12-16)15-26-10-9-25-21(26)14-24-8-7-18-5-3-2-4-6-20(18)23/h2-5,9-13,24H,6-8,14-15H2,1H3. The third-order valence-electron chi connectivity index (χ3n) is 4.30. The number of aryl methyl sites for hydroxylation is 1. The Hall–Kier alpha value is -2.17. The fourth-order valence-electron chi connectivity index (χ4n) is 3.04. The molecule has 1 N–H and O–H groups in total. The maximum atomic E-state index is 13.9. The van der Waals surface area contributed by atoms with E-state index in [9.17, 15) is 4.39 Å². The van der Waals surface area contributed by atoms with Crippen molar-refractivity contribution in [1.29, 1.82) is 0 Å². The minimum absolute atomic E-state index is 0.0466. The van der Waals surface area contributed by atoms with E-state index in [1.165, 1.54) is 0 Å². The molecule has 26 heavy (non-hydrogen) atoms. The second-order valence-corrected chi connectivity index (χ2v) is 6.89. The first-order chi connectivity index (χ1) is 12.6. The lowest BCUT2D eigenvalue weighted by molar-refractivity contribution is 0.586. The molecule has 0 spiro atoms. The molecule has 3 nitrogen and oxygen atoms in total. The second-order valence-electron chi connectivity index (χ2n) is 6.46. The number of allylic oxidation sites excluding steroid dienone is 5. The SMILES string of the molecule is Cc1cc(Cl)cc(Cn2ccnc2CNCCC2=C(F)CC=CC=C2)c1. The van der Waals surface area contributed by atoms with Crippen LogP contribution in [0.25, 0.3) is 0 Å². The van der Waals surface area contributed by atoms with Crippen molar-refractivity contribution >= 4 is 11.6 Å². The van der Waals surface area contributed by atoms with Gasteiger partial charge in [-0.15, -0.1) is 0 Å². The molecule has 1 aromatic carbocycles. The molecule has 0 atom stereocenters. The zero-order valence-electron chi connectivity index (χ0n) is 14.9. The smallest absolute Gasteiger partial charge is 0.122 e. The molecule has 0 saturated heterocycles. The molecule has 1 aromatic heterocycles. The Kier molecular flexibility index (Phi) is 6.42. The monoisotopic (exact) mass is 371 g/mol. The van der Waals surface area contributed by atoms with E-state index in [1.807, 2.05) is 49.6 Å². The van der Waals surface area contributed by atoms with E-state index in [0.717, 1.165) is 34.1 Å². The highest BCUT2D eigenvalue weighted by molar-refractivity contribution is 6.30. The van der Waals surface area contributed by atoms with Crippen molar-refractivity contribution in [3.05, 3.63) is 88.3 Å². The van der Waals surface area contributed by atoms with Gasteiger partial charge in [0, 0.05) is 30.4 Å². The van der Waals surface area contributed by atoms with Crippen LogP contribution in [-0.4, -0.2) is 16.1 Å². The van der Waals surface area contributed by atoms with Crippen molar-refractivity contribution in [2.24, 2.45) is 0 Å². The van der Waals surface area contributed by atoms with Crippen molar-refractivity contribution in [3.63, 3.8) is 0 Å². The van der Waals surface area contributed by atoms with E-state index in [2.05, 4.69) is 20.9 Å². The number of hydrogen-bond acceptors (Lipinski definition) is 2. The molecule has 0 aliphatic heterocycles. The van der Waals surface area contributed by atoms with Crippen LogP contribution < -0.4 is 5.32 Å². The lowest BCUT2D eigenvalue weighted by atomic mass is 10.1. The van der Waals surface area contributed by atoms with Gasteiger partial charge in [0.25, 0.3) is 0 Å². The van der Waals surface area contributed by atoms with Gasteiger partial charge >= 0.3 is 0 Å². The van der Waals surface area contributed by atoms with E-state index >= 15 is 0 Å². The van der Waals surface area contributed by atoms with Crippen LogP contribution in [0.4, 0.5) is 4.39 Å². The summed E-state index contributed by atoms with van der Waals surface area (Å²) in [6, 6.07) is 6.06. The van der Waals surface area contributed by atoms with Crippen LogP contribution in [0.1, 0.15) is 29.8 Å². The van der Waals surface area contributed by atoms with Gasteiger partial charge in [-0.25, -0.2) is 9.37 Å². The van der Waals surface area contributed by atoms with Crippen molar-refractivity contribution in [3.8, 4) is 0 Å². The molecule has 0 radical (unpaired) electrons. The van der Waals surface area contributed by atoms with Gasteiger partial charge < -0.3 is 9.88 Å². The molecule has 1 aliphatic rings. The number of halogens is 2. The predicted molar refractivity (Wildman–Crippen MR) is 105 cm³/mol. The summed E-state index contributed by atoms with van der Waals surface area (Å²) < 4.78 is 16.0. The van der Waals surface area contributed by atoms with Gasteiger partial charge in [0.2, 0.25) is 0 Å². The van der Waals surface area contributed by atoms with Crippen LogP contribution in [0.5, 0.6) is 0 Å². The van der Waals surface area contributed by atoms with Crippen LogP contribution >= 0.6 is 11.6 Å². The summed E-state index contributed by atoms with van der Waals surface area (Å²) in [6.07, 6.45) is 12.3. The van der Waals surface area contributed by atoms with Gasteiger partial charge in [0.15, 0.2) is 0 Å². The first-order valence-electron chi connectivity index (χ1n) is 8.79. The second kappa shape index (κ2) is 8.97. The van der Waals surface area contributed by atoms with Crippen LogP contribution in [0.15, 0.2) is 66.3 Å². The third-order valence-corrected chi connectivity index (χ3v) is 4.52. The molecule has 0 amide bonds. The quantitative estimate of drug-likeness (QED) is 0.685. The van der Waals surface area contributed by atoms with Gasteiger partial charge in [0.05, 0.1) is 6.54 Å². The molecule has 5 heteroatoms. The number of nitrogens with zero attached hydrogens (tertiary/aromatic N) is 2. The van der Waals surface area contributed by atoms with Crippen LogP contribution in [0.2, 0.25) is 5.02 Å². The average Bonchev–Trinajstić information content (AvgIpc) is 2.91. The highest BCUT2D eigenvalue weighted by Crippen LogP contribution is 2.19. The van der Waals surface area contributed by atoms with E-state index in [1.54, 1.807) is 6.20 Å². The van der Waals surface area contributed by atoms with E-state index in [-0.39, 0.29) is 5.83 Å². The Labute approximate surface area is 158 Å². The Bertz CT molecular complexity index is 828. The van der Waals surface area contributed by atoms with Gasteiger partial charge in [-0.05, 0) is 48.7 Å². The summed E-state index contributed by atoms with van der Waals surface area (Å²) in [6.45, 7) is 4.11. The Morgan fingerprint density at radius 1 is 1.27 bits per heavy atom. The maximum absolute atomic E-state index is 13.9. The third kappa shape index (κ3) is 5.16. The van der Waals surface area contributed by atoms with Crippen molar-refractivity contribution < 1.29 is 4.39 Å². The topological polar surface area (TPSA) is 29.9 Å². The van der Waals surface area contributed by atoms with Gasteiger partial charge in [0.1, 0.15) is 11.7 Å². The Morgan fingerprint density at radius 3 is 3.00 bits per heavy atom. The summed E-state index contributed by atoms with van der Waals surface area (Å²) in [4.78, 5) is 4.43. The van der Waals surface area contributed by atoms with Crippen molar-refractivity contribution in [2.75, 3.05) is 6.54 Å². The minimum Gasteiger partial charge on any atom is -0.329 e.